The van der Waals surface area contributed by atoms with Crippen LogP contribution >= 0.6 is 34.8 Å². The Bertz CT molecular complexity index is 807. The van der Waals surface area contributed by atoms with E-state index in [0.29, 0.717) is 18.0 Å². The number of aryl methyl sites for hydroxylation is 2. The fourth-order valence-corrected chi connectivity index (χ4v) is 4.60. The molecule has 0 aliphatic heterocycles. The third-order valence-corrected chi connectivity index (χ3v) is 6.25. The molecule has 2 aromatic heterocycles. The van der Waals surface area contributed by atoms with E-state index in [9.17, 15) is 0 Å². The standard InChI is InChI=1S/C12H21N5.C6H14N2.C3Cl3N3/c1-8-14-9(2)16-12(15-8)17-11-7-5-4-6-10(11)13-3;7-5-3-1-2-4-6(5)8;4-1-7-2(5)9-3(6)8-1/h10-11,13H,4-7H2,1-3H3,(H,14,15,16,17);5-6H,1-4,7-8H2;. The molecule has 0 radical (unpaired) electrons. The van der Waals surface area contributed by atoms with Crippen LogP contribution in [0.25, 0.3) is 0 Å². The van der Waals surface area contributed by atoms with E-state index in [1.54, 1.807) is 0 Å². The van der Waals surface area contributed by atoms with Gasteiger partial charge in [-0.15, -0.1) is 0 Å². The van der Waals surface area contributed by atoms with Gasteiger partial charge in [-0.05, 0) is 81.4 Å². The van der Waals surface area contributed by atoms with Crippen molar-refractivity contribution in [3.63, 3.8) is 0 Å². The van der Waals surface area contributed by atoms with Crippen molar-refractivity contribution in [2.24, 2.45) is 11.5 Å². The number of aromatic nitrogens is 6. The zero-order valence-corrected chi connectivity index (χ0v) is 22.2. The number of rotatable bonds is 3. The van der Waals surface area contributed by atoms with Crippen LogP contribution in [0.2, 0.25) is 15.9 Å². The molecule has 0 bridgehead atoms. The maximum absolute atomic E-state index is 5.65. The molecule has 2 aromatic rings. The zero-order chi connectivity index (χ0) is 25.1. The van der Waals surface area contributed by atoms with Crippen molar-refractivity contribution in [1.82, 2.24) is 35.2 Å². The maximum Gasteiger partial charge on any atom is 0.227 e. The molecule has 2 aliphatic rings. The molecule has 4 rings (SSSR count). The van der Waals surface area contributed by atoms with Gasteiger partial charge in [0.25, 0.3) is 0 Å². The van der Waals surface area contributed by atoms with Crippen LogP contribution in [-0.2, 0) is 0 Å². The first-order valence-corrected chi connectivity index (χ1v) is 12.7. The smallest absolute Gasteiger partial charge is 0.227 e. The van der Waals surface area contributed by atoms with Crippen LogP contribution in [0.3, 0.4) is 0 Å². The number of halogens is 3. The van der Waals surface area contributed by atoms with Crippen LogP contribution in [0.15, 0.2) is 0 Å². The highest BCUT2D eigenvalue weighted by molar-refractivity contribution is 6.33. The van der Waals surface area contributed by atoms with Crippen LogP contribution in [0.1, 0.15) is 63.0 Å². The minimum atomic E-state index is 0.000000000000000444. The molecule has 4 unspecified atom stereocenters. The summed E-state index contributed by atoms with van der Waals surface area (Å²) in [5, 5.41) is 6.81. The van der Waals surface area contributed by atoms with Crippen molar-refractivity contribution in [1.29, 1.82) is 0 Å². The molecule has 2 heterocycles. The molecule has 4 atom stereocenters. The Morgan fingerprint density at radius 3 is 1.47 bits per heavy atom. The molecular formula is C21H35Cl3N10. The maximum atomic E-state index is 5.65. The molecular weight excluding hydrogens is 499 g/mol. The van der Waals surface area contributed by atoms with E-state index in [4.69, 9.17) is 46.3 Å². The molecule has 2 saturated carbocycles. The number of nitrogens with zero attached hydrogens (tertiary/aromatic N) is 6. The SMILES string of the molecule is CNC1CCCCC1Nc1nc(C)nc(C)n1.Clc1nc(Cl)nc(Cl)n1.NC1CCCCC1N. The van der Waals surface area contributed by atoms with Gasteiger partial charge in [-0.2, -0.15) is 24.9 Å². The summed E-state index contributed by atoms with van der Waals surface area (Å²) in [6.07, 6.45) is 9.77. The third kappa shape index (κ3) is 10.5. The Balaban J connectivity index is 0.000000201. The molecule has 190 valence electrons. The molecule has 2 aliphatic carbocycles. The zero-order valence-electron chi connectivity index (χ0n) is 19.9. The molecule has 34 heavy (non-hydrogen) atoms. The molecule has 6 N–H and O–H groups in total. The van der Waals surface area contributed by atoms with Crippen LogP contribution in [0.4, 0.5) is 5.95 Å². The fraction of sp³-hybridized carbons (Fsp3) is 0.714. The summed E-state index contributed by atoms with van der Waals surface area (Å²) < 4.78 is 0. The van der Waals surface area contributed by atoms with Crippen molar-refractivity contribution in [2.45, 2.75) is 89.4 Å². The van der Waals surface area contributed by atoms with Crippen molar-refractivity contribution in [3.8, 4) is 0 Å². The lowest BCUT2D eigenvalue weighted by molar-refractivity contribution is 0.360. The van der Waals surface area contributed by atoms with Crippen molar-refractivity contribution >= 4 is 40.8 Å². The van der Waals surface area contributed by atoms with Gasteiger partial charge < -0.3 is 22.1 Å². The summed E-state index contributed by atoms with van der Waals surface area (Å²) in [7, 11) is 2.02. The second-order valence-corrected chi connectivity index (χ2v) is 9.45. The second-order valence-electron chi connectivity index (χ2n) is 8.44. The summed E-state index contributed by atoms with van der Waals surface area (Å²) in [6.45, 7) is 3.80. The summed E-state index contributed by atoms with van der Waals surface area (Å²) >= 11 is 16.0. The van der Waals surface area contributed by atoms with E-state index in [1.165, 1.54) is 38.5 Å². The van der Waals surface area contributed by atoms with Gasteiger partial charge in [-0.1, -0.05) is 25.7 Å². The van der Waals surface area contributed by atoms with Gasteiger partial charge in [0.1, 0.15) is 11.6 Å². The molecule has 0 spiro atoms. The van der Waals surface area contributed by atoms with Crippen LogP contribution in [-0.4, -0.2) is 61.1 Å². The largest absolute Gasteiger partial charge is 0.350 e. The van der Waals surface area contributed by atoms with Gasteiger partial charge >= 0.3 is 0 Å². The van der Waals surface area contributed by atoms with Crippen molar-refractivity contribution in [2.75, 3.05) is 12.4 Å². The fourth-order valence-electron chi connectivity index (χ4n) is 3.99. The number of anilines is 1. The predicted octanol–water partition coefficient (Wildman–Crippen LogP) is 3.48. The molecule has 0 saturated heterocycles. The van der Waals surface area contributed by atoms with Gasteiger partial charge in [-0.3, -0.25) is 0 Å². The Kier molecular flexibility index (Phi) is 12.6. The Morgan fingerprint density at radius 2 is 1.06 bits per heavy atom. The first-order valence-electron chi connectivity index (χ1n) is 11.5. The highest BCUT2D eigenvalue weighted by Gasteiger charge is 2.24. The quantitative estimate of drug-likeness (QED) is 0.461. The molecule has 10 nitrogen and oxygen atoms in total. The Labute approximate surface area is 216 Å². The van der Waals surface area contributed by atoms with E-state index < -0.39 is 0 Å². The number of hydrogen-bond acceptors (Lipinski definition) is 10. The van der Waals surface area contributed by atoms with Crippen LogP contribution < -0.4 is 22.1 Å². The summed E-state index contributed by atoms with van der Waals surface area (Å²) in [6, 6.07) is 1.50. The van der Waals surface area contributed by atoms with Crippen molar-refractivity contribution < 1.29 is 0 Å². The van der Waals surface area contributed by atoms with Gasteiger partial charge in [0.15, 0.2) is 0 Å². The number of likely N-dealkylation sites (N-methyl/N-ethyl adjacent to an activating group) is 1. The first kappa shape index (κ1) is 28.8. The third-order valence-electron chi connectivity index (χ3n) is 5.74. The van der Waals surface area contributed by atoms with E-state index in [0.717, 1.165) is 24.5 Å². The molecule has 0 amide bonds. The second kappa shape index (κ2) is 14.9. The highest BCUT2D eigenvalue weighted by atomic mass is 35.5. The van der Waals surface area contributed by atoms with Crippen LogP contribution in [0.5, 0.6) is 0 Å². The monoisotopic (exact) mass is 532 g/mol. The average Bonchev–Trinajstić information content (AvgIpc) is 2.75. The lowest BCUT2D eigenvalue weighted by Crippen LogP contribution is -2.45. The van der Waals surface area contributed by atoms with Crippen molar-refractivity contribution in [3.05, 3.63) is 27.5 Å². The number of hydrogen-bond donors (Lipinski definition) is 4. The number of nitrogens with one attached hydrogen (secondary N) is 2. The van der Waals surface area contributed by atoms with Gasteiger partial charge in [0, 0.05) is 24.2 Å². The van der Waals surface area contributed by atoms with Gasteiger partial charge in [0.05, 0.1) is 0 Å². The summed E-state index contributed by atoms with van der Waals surface area (Å²) in [4.78, 5) is 23.2. The lowest BCUT2D eigenvalue weighted by Gasteiger charge is -2.31. The average molecular weight is 534 g/mol. The van der Waals surface area contributed by atoms with Gasteiger partial charge in [-0.25, -0.2) is 4.98 Å². The minimum Gasteiger partial charge on any atom is -0.350 e. The molecule has 13 heteroatoms. The van der Waals surface area contributed by atoms with E-state index in [2.05, 4.69) is 40.5 Å². The van der Waals surface area contributed by atoms with E-state index >= 15 is 0 Å². The van der Waals surface area contributed by atoms with Crippen LogP contribution in [0, 0.1) is 13.8 Å². The topological polar surface area (TPSA) is 153 Å². The van der Waals surface area contributed by atoms with Gasteiger partial charge in [0.2, 0.25) is 21.8 Å². The lowest BCUT2D eigenvalue weighted by atomic mass is 9.90. The summed E-state index contributed by atoms with van der Waals surface area (Å²) in [5.74, 6) is 2.26. The van der Waals surface area contributed by atoms with E-state index in [1.807, 2.05) is 20.9 Å². The predicted molar refractivity (Wildman–Crippen MR) is 137 cm³/mol. The Morgan fingerprint density at radius 1 is 0.647 bits per heavy atom. The molecule has 2 fully saturated rings. The summed E-state index contributed by atoms with van der Waals surface area (Å²) in [5.41, 5.74) is 11.3. The first-order chi connectivity index (χ1) is 16.2. The molecule has 0 aromatic carbocycles. The normalized spacial score (nSPS) is 24.2. The minimum absolute atomic E-state index is 0.000000000000000444. The number of nitrogens with two attached hydrogens (primary N) is 2. The Hall–Kier alpha value is -1.43. The highest BCUT2D eigenvalue weighted by Crippen LogP contribution is 2.21. The van der Waals surface area contributed by atoms with E-state index in [-0.39, 0.29) is 27.9 Å².